The van der Waals surface area contributed by atoms with Crippen LogP contribution in [0.4, 0.5) is 0 Å². The highest BCUT2D eigenvalue weighted by molar-refractivity contribution is 7.92. The Morgan fingerprint density at radius 1 is 1.17 bits per heavy atom. The molecular formula is C12H10N2O2S2. The smallest absolute Gasteiger partial charge is 0.232 e. The second-order valence-corrected chi connectivity index (χ2v) is 6.81. The summed E-state index contributed by atoms with van der Waals surface area (Å²) in [6, 6.07) is 10.6. The van der Waals surface area contributed by atoms with Crippen LogP contribution in [0.15, 0.2) is 46.0 Å². The lowest BCUT2D eigenvalue weighted by Gasteiger charge is -2.06. The fourth-order valence-electron chi connectivity index (χ4n) is 1.93. The first-order valence-corrected chi connectivity index (χ1v) is 7.66. The highest BCUT2D eigenvalue weighted by atomic mass is 32.2. The predicted octanol–water partition coefficient (Wildman–Crippen LogP) is 2.64. The molecule has 0 amide bonds. The minimum atomic E-state index is -3.54. The first-order valence-electron chi connectivity index (χ1n) is 5.34. The molecule has 0 bridgehead atoms. The van der Waals surface area contributed by atoms with E-state index in [1.54, 1.807) is 30.5 Å². The van der Waals surface area contributed by atoms with Crippen molar-refractivity contribution in [3.8, 4) is 0 Å². The van der Waals surface area contributed by atoms with Crippen molar-refractivity contribution in [3.05, 3.63) is 47.6 Å². The normalized spacial score (nSPS) is 12.1. The summed E-state index contributed by atoms with van der Waals surface area (Å²) in [5.41, 5.74) is 1.30. The molecule has 2 aromatic heterocycles. The van der Waals surface area contributed by atoms with Gasteiger partial charge >= 0.3 is 0 Å². The molecule has 0 radical (unpaired) electrons. The van der Waals surface area contributed by atoms with Gasteiger partial charge < -0.3 is 0 Å². The van der Waals surface area contributed by atoms with E-state index in [4.69, 9.17) is 0 Å². The molecule has 0 unspecified atom stereocenters. The molecule has 1 aromatic carbocycles. The monoisotopic (exact) mass is 278 g/mol. The number of hydrogen-bond acceptors (Lipinski definition) is 4. The van der Waals surface area contributed by atoms with Gasteiger partial charge in [-0.3, -0.25) is 0 Å². The molecular weight excluding hydrogens is 268 g/mol. The Morgan fingerprint density at radius 2 is 1.94 bits per heavy atom. The van der Waals surface area contributed by atoms with Crippen LogP contribution in [0.3, 0.4) is 0 Å². The van der Waals surface area contributed by atoms with Gasteiger partial charge in [-0.2, -0.15) is 8.42 Å². The van der Waals surface area contributed by atoms with Crippen LogP contribution in [0.1, 0.15) is 5.82 Å². The average Bonchev–Trinajstić information content (AvgIpc) is 2.94. The zero-order valence-electron chi connectivity index (χ0n) is 9.57. The largest absolute Gasteiger partial charge is 0.279 e. The first-order chi connectivity index (χ1) is 8.60. The number of aromatic nitrogens is 2. The van der Waals surface area contributed by atoms with Crippen molar-refractivity contribution in [1.29, 1.82) is 0 Å². The number of fused-ring (bicyclic) bond motifs is 1. The number of benzene rings is 1. The molecule has 0 N–H and O–H groups in total. The van der Waals surface area contributed by atoms with E-state index in [1.807, 2.05) is 18.2 Å². The van der Waals surface area contributed by atoms with Crippen LogP contribution in [0, 0.1) is 6.92 Å². The number of thiophene rings is 1. The quantitative estimate of drug-likeness (QED) is 0.724. The van der Waals surface area contributed by atoms with Gasteiger partial charge in [-0.25, -0.2) is 8.96 Å². The van der Waals surface area contributed by atoms with Gasteiger partial charge in [0, 0.05) is 0 Å². The molecule has 0 aliphatic heterocycles. The van der Waals surface area contributed by atoms with E-state index in [0.717, 1.165) is 0 Å². The summed E-state index contributed by atoms with van der Waals surface area (Å²) in [6.45, 7) is 1.70. The fourth-order valence-corrected chi connectivity index (χ4v) is 4.49. The molecule has 3 aromatic rings. The summed E-state index contributed by atoms with van der Waals surface area (Å²) < 4.78 is 26.7. The maximum absolute atomic E-state index is 12.5. The third kappa shape index (κ3) is 1.57. The van der Waals surface area contributed by atoms with Gasteiger partial charge in [0.1, 0.15) is 10.0 Å². The van der Waals surface area contributed by atoms with E-state index in [0.29, 0.717) is 21.1 Å². The van der Waals surface area contributed by atoms with Gasteiger partial charge in [-0.15, -0.1) is 11.3 Å². The fraction of sp³-hybridized carbons (Fsp3) is 0.0833. The number of imidazole rings is 1. The minimum absolute atomic E-state index is 0.328. The van der Waals surface area contributed by atoms with E-state index in [2.05, 4.69) is 4.98 Å². The van der Waals surface area contributed by atoms with Crippen LogP contribution in [-0.2, 0) is 10.0 Å². The predicted molar refractivity (Wildman–Crippen MR) is 71.4 cm³/mol. The van der Waals surface area contributed by atoms with E-state index in [1.165, 1.54) is 15.3 Å². The van der Waals surface area contributed by atoms with Crippen LogP contribution >= 0.6 is 11.3 Å². The Bertz CT molecular complexity index is 802. The maximum atomic E-state index is 12.5. The van der Waals surface area contributed by atoms with Crippen molar-refractivity contribution in [2.24, 2.45) is 0 Å². The second kappa shape index (κ2) is 3.93. The molecule has 0 atom stereocenters. The SMILES string of the molecule is Cc1nc2ccccc2n1S(=O)(=O)c1cccs1. The lowest BCUT2D eigenvalue weighted by Crippen LogP contribution is -2.13. The molecule has 0 aliphatic rings. The van der Waals surface area contributed by atoms with Gasteiger partial charge in [0.25, 0.3) is 10.0 Å². The van der Waals surface area contributed by atoms with Gasteiger partial charge in [0.15, 0.2) is 0 Å². The topological polar surface area (TPSA) is 52.0 Å². The van der Waals surface area contributed by atoms with E-state index in [9.17, 15) is 8.42 Å². The van der Waals surface area contributed by atoms with Crippen molar-refractivity contribution in [2.45, 2.75) is 11.1 Å². The van der Waals surface area contributed by atoms with Crippen LogP contribution in [0.25, 0.3) is 11.0 Å². The lowest BCUT2D eigenvalue weighted by molar-refractivity contribution is 0.589. The number of nitrogens with zero attached hydrogens (tertiary/aromatic N) is 2. The number of aryl methyl sites for hydroxylation is 1. The standard InChI is InChI=1S/C12H10N2O2S2/c1-9-13-10-5-2-3-6-11(10)14(9)18(15,16)12-7-4-8-17-12/h2-8H,1H3. The zero-order chi connectivity index (χ0) is 12.8. The molecule has 4 nitrogen and oxygen atoms in total. The van der Waals surface area contributed by atoms with Crippen LogP contribution in [0.5, 0.6) is 0 Å². The highest BCUT2D eigenvalue weighted by Crippen LogP contribution is 2.25. The van der Waals surface area contributed by atoms with E-state index in [-0.39, 0.29) is 0 Å². The van der Waals surface area contributed by atoms with Gasteiger partial charge in [0.05, 0.1) is 11.0 Å². The third-order valence-corrected chi connectivity index (χ3v) is 5.83. The second-order valence-electron chi connectivity index (χ2n) is 3.85. The molecule has 92 valence electrons. The summed E-state index contributed by atoms with van der Waals surface area (Å²) in [5, 5.41) is 1.75. The molecule has 0 saturated heterocycles. The Kier molecular flexibility index (Phi) is 2.49. The van der Waals surface area contributed by atoms with Crippen molar-refractivity contribution in [3.63, 3.8) is 0 Å². The van der Waals surface area contributed by atoms with Crippen molar-refractivity contribution < 1.29 is 8.42 Å². The molecule has 18 heavy (non-hydrogen) atoms. The summed E-state index contributed by atoms with van der Waals surface area (Å²) in [6.07, 6.45) is 0. The number of hydrogen-bond donors (Lipinski definition) is 0. The van der Waals surface area contributed by atoms with Crippen molar-refractivity contribution in [2.75, 3.05) is 0 Å². The van der Waals surface area contributed by atoms with Crippen molar-refractivity contribution in [1.82, 2.24) is 8.96 Å². The van der Waals surface area contributed by atoms with Crippen LogP contribution in [0.2, 0.25) is 0 Å². The van der Waals surface area contributed by atoms with Crippen molar-refractivity contribution >= 4 is 32.4 Å². The Morgan fingerprint density at radius 3 is 2.67 bits per heavy atom. The molecule has 3 rings (SSSR count). The third-order valence-electron chi connectivity index (χ3n) is 2.67. The minimum Gasteiger partial charge on any atom is -0.232 e. The molecule has 0 spiro atoms. The van der Waals surface area contributed by atoms with E-state index < -0.39 is 10.0 Å². The Balaban J connectivity index is 2.36. The maximum Gasteiger partial charge on any atom is 0.279 e. The molecule has 2 heterocycles. The van der Waals surface area contributed by atoms with E-state index >= 15 is 0 Å². The summed E-state index contributed by atoms with van der Waals surface area (Å²) >= 11 is 1.21. The molecule has 0 saturated carbocycles. The van der Waals surface area contributed by atoms with Gasteiger partial charge in [-0.05, 0) is 30.5 Å². The number of para-hydroxylation sites is 2. The molecule has 0 fully saturated rings. The summed E-state index contributed by atoms with van der Waals surface area (Å²) in [4.78, 5) is 4.28. The lowest BCUT2D eigenvalue weighted by atomic mass is 10.3. The summed E-state index contributed by atoms with van der Waals surface area (Å²) in [7, 11) is -3.54. The first kappa shape index (κ1) is 11.4. The molecule has 0 aliphatic carbocycles. The Hall–Kier alpha value is -1.66. The average molecular weight is 278 g/mol. The van der Waals surface area contributed by atoms with Crippen LogP contribution < -0.4 is 0 Å². The van der Waals surface area contributed by atoms with Crippen LogP contribution in [-0.4, -0.2) is 17.4 Å². The van der Waals surface area contributed by atoms with Gasteiger partial charge in [0.2, 0.25) is 0 Å². The zero-order valence-corrected chi connectivity index (χ0v) is 11.2. The Labute approximate surface area is 109 Å². The highest BCUT2D eigenvalue weighted by Gasteiger charge is 2.22. The molecule has 6 heteroatoms. The number of rotatable bonds is 2. The summed E-state index contributed by atoms with van der Waals surface area (Å²) in [5.74, 6) is 0.476. The van der Waals surface area contributed by atoms with Gasteiger partial charge in [-0.1, -0.05) is 18.2 Å².